The van der Waals surface area contributed by atoms with Gasteiger partial charge in [-0.15, -0.1) is 11.8 Å². The molecule has 1 heterocycles. The van der Waals surface area contributed by atoms with Crippen LogP contribution >= 0.6 is 11.8 Å². The average Bonchev–Trinajstić information content (AvgIpc) is 2.97. The molecule has 3 nitrogen and oxygen atoms in total. The monoisotopic (exact) mass is 299 g/mol. The highest BCUT2D eigenvalue weighted by Gasteiger charge is 2.27. The SMILES string of the molecule is COc1cccc(CNC(=O)C2Cc3ccccc3S2)c1. The van der Waals surface area contributed by atoms with Crippen LogP contribution in [0.15, 0.2) is 53.4 Å². The molecule has 0 spiro atoms. The van der Waals surface area contributed by atoms with Gasteiger partial charge in [0.05, 0.1) is 12.4 Å². The van der Waals surface area contributed by atoms with Crippen LogP contribution in [0, 0.1) is 0 Å². The van der Waals surface area contributed by atoms with E-state index < -0.39 is 0 Å². The maximum atomic E-state index is 12.3. The summed E-state index contributed by atoms with van der Waals surface area (Å²) in [6, 6.07) is 16.0. The first-order valence-electron chi connectivity index (χ1n) is 6.91. The highest BCUT2D eigenvalue weighted by atomic mass is 32.2. The summed E-state index contributed by atoms with van der Waals surface area (Å²) in [6.45, 7) is 0.531. The van der Waals surface area contributed by atoms with Crippen LogP contribution < -0.4 is 10.1 Å². The summed E-state index contributed by atoms with van der Waals surface area (Å²) < 4.78 is 5.19. The number of carbonyl (C=O) groups is 1. The molecule has 0 aliphatic carbocycles. The lowest BCUT2D eigenvalue weighted by Crippen LogP contribution is -2.31. The van der Waals surface area contributed by atoms with E-state index in [0.29, 0.717) is 6.54 Å². The molecule has 1 amide bonds. The number of fused-ring (bicyclic) bond motifs is 1. The van der Waals surface area contributed by atoms with Gasteiger partial charge in [0.1, 0.15) is 5.75 Å². The van der Waals surface area contributed by atoms with Crippen molar-refractivity contribution in [1.29, 1.82) is 0 Å². The van der Waals surface area contributed by atoms with Crippen molar-refractivity contribution >= 4 is 17.7 Å². The van der Waals surface area contributed by atoms with Crippen LogP contribution in [-0.4, -0.2) is 18.3 Å². The highest BCUT2D eigenvalue weighted by molar-refractivity contribution is 8.01. The van der Waals surface area contributed by atoms with E-state index >= 15 is 0 Å². The second-order valence-electron chi connectivity index (χ2n) is 4.99. The fourth-order valence-corrected chi connectivity index (χ4v) is 3.63. The molecule has 3 rings (SSSR count). The number of carbonyl (C=O) groups excluding carboxylic acids is 1. The van der Waals surface area contributed by atoms with Crippen LogP contribution in [0.2, 0.25) is 0 Å². The summed E-state index contributed by atoms with van der Waals surface area (Å²) in [4.78, 5) is 13.5. The molecule has 1 N–H and O–H groups in total. The van der Waals surface area contributed by atoms with Gasteiger partial charge in [-0.25, -0.2) is 0 Å². The molecular weight excluding hydrogens is 282 g/mol. The summed E-state index contributed by atoms with van der Waals surface area (Å²) in [5.41, 5.74) is 2.31. The normalized spacial score (nSPS) is 16.3. The van der Waals surface area contributed by atoms with Crippen LogP contribution in [0.5, 0.6) is 5.75 Å². The zero-order valence-electron chi connectivity index (χ0n) is 11.8. The molecule has 1 aliphatic heterocycles. The molecule has 2 aromatic rings. The topological polar surface area (TPSA) is 38.3 Å². The van der Waals surface area contributed by atoms with E-state index in [4.69, 9.17) is 4.74 Å². The van der Waals surface area contributed by atoms with Crippen molar-refractivity contribution < 1.29 is 9.53 Å². The molecule has 21 heavy (non-hydrogen) atoms. The molecule has 108 valence electrons. The number of amides is 1. The zero-order chi connectivity index (χ0) is 14.7. The molecule has 4 heteroatoms. The second-order valence-corrected chi connectivity index (χ2v) is 6.23. The lowest BCUT2D eigenvalue weighted by molar-refractivity contribution is -0.120. The molecule has 0 aromatic heterocycles. The maximum absolute atomic E-state index is 12.3. The summed E-state index contributed by atoms with van der Waals surface area (Å²) in [5, 5.41) is 2.99. The average molecular weight is 299 g/mol. The molecule has 0 saturated heterocycles. The zero-order valence-corrected chi connectivity index (χ0v) is 12.7. The lowest BCUT2D eigenvalue weighted by Gasteiger charge is -2.10. The summed E-state index contributed by atoms with van der Waals surface area (Å²) in [7, 11) is 1.64. The molecule has 0 fully saturated rings. The van der Waals surface area contributed by atoms with Crippen molar-refractivity contribution in [2.75, 3.05) is 7.11 Å². The highest BCUT2D eigenvalue weighted by Crippen LogP contribution is 2.36. The van der Waals surface area contributed by atoms with Crippen LogP contribution in [0.1, 0.15) is 11.1 Å². The van der Waals surface area contributed by atoms with Gasteiger partial charge in [-0.1, -0.05) is 30.3 Å². The summed E-state index contributed by atoms with van der Waals surface area (Å²) in [5.74, 6) is 0.906. The minimum atomic E-state index is -0.0204. The number of ether oxygens (including phenoxy) is 1. The van der Waals surface area contributed by atoms with Crippen molar-refractivity contribution in [3.05, 3.63) is 59.7 Å². The standard InChI is InChI=1S/C17H17NO2S/c1-20-14-7-4-5-12(9-14)11-18-17(19)16-10-13-6-2-3-8-15(13)21-16/h2-9,16H,10-11H2,1H3,(H,18,19). The van der Waals surface area contributed by atoms with E-state index in [2.05, 4.69) is 17.4 Å². The predicted molar refractivity (Wildman–Crippen MR) is 84.6 cm³/mol. The van der Waals surface area contributed by atoms with Gasteiger partial charge < -0.3 is 10.1 Å². The second kappa shape index (κ2) is 6.22. The van der Waals surface area contributed by atoms with Crippen molar-refractivity contribution in [3.8, 4) is 5.75 Å². The van der Waals surface area contributed by atoms with Gasteiger partial charge in [-0.2, -0.15) is 0 Å². The maximum Gasteiger partial charge on any atom is 0.234 e. The molecule has 0 bridgehead atoms. The molecule has 1 aliphatic rings. The van der Waals surface area contributed by atoms with Crippen LogP contribution in [0.25, 0.3) is 0 Å². The Bertz CT molecular complexity index is 632. The minimum absolute atomic E-state index is 0.0204. The third-order valence-corrected chi connectivity index (χ3v) is 4.86. The van der Waals surface area contributed by atoms with E-state index in [9.17, 15) is 4.79 Å². The molecule has 0 saturated carbocycles. The van der Waals surface area contributed by atoms with E-state index in [0.717, 1.165) is 17.7 Å². The summed E-state index contributed by atoms with van der Waals surface area (Å²) >= 11 is 1.65. The number of hydrogen-bond donors (Lipinski definition) is 1. The van der Waals surface area contributed by atoms with Crippen LogP contribution in [-0.2, 0) is 17.8 Å². The van der Waals surface area contributed by atoms with Crippen molar-refractivity contribution in [2.45, 2.75) is 23.1 Å². The van der Waals surface area contributed by atoms with Crippen LogP contribution in [0.4, 0.5) is 0 Å². The number of benzene rings is 2. The largest absolute Gasteiger partial charge is 0.497 e. The van der Waals surface area contributed by atoms with Gasteiger partial charge in [-0.3, -0.25) is 4.79 Å². The summed E-state index contributed by atoms with van der Waals surface area (Å²) in [6.07, 6.45) is 0.810. The Balaban J connectivity index is 1.58. The van der Waals surface area contributed by atoms with E-state index in [1.165, 1.54) is 10.5 Å². The van der Waals surface area contributed by atoms with E-state index in [-0.39, 0.29) is 11.2 Å². The first kappa shape index (κ1) is 14.0. The fraction of sp³-hybridized carbons (Fsp3) is 0.235. The molecule has 2 aromatic carbocycles. The quantitative estimate of drug-likeness (QED) is 0.943. The Morgan fingerprint density at radius 1 is 1.29 bits per heavy atom. The molecule has 1 atom stereocenters. The number of methoxy groups -OCH3 is 1. The number of hydrogen-bond acceptors (Lipinski definition) is 3. The lowest BCUT2D eigenvalue weighted by atomic mass is 10.1. The third-order valence-electron chi connectivity index (χ3n) is 3.54. The molecule has 0 radical (unpaired) electrons. The smallest absolute Gasteiger partial charge is 0.234 e. The van der Waals surface area contributed by atoms with Crippen LogP contribution in [0.3, 0.4) is 0 Å². The predicted octanol–water partition coefficient (Wildman–Crippen LogP) is 3.03. The Labute approximate surface area is 128 Å². The Kier molecular flexibility index (Phi) is 4.15. The third kappa shape index (κ3) is 3.22. The number of thioether (sulfide) groups is 1. The van der Waals surface area contributed by atoms with Gasteiger partial charge in [0.25, 0.3) is 0 Å². The first-order valence-corrected chi connectivity index (χ1v) is 7.79. The Morgan fingerprint density at radius 3 is 2.95 bits per heavy atom. The Hall–Kier alpha value is -1.94. The molecule has 1 unspecified atom stereocenters. The fourth-order valence-electron chi connectivity index (χ4n) is 2.41. The van der Waals surface area contributed by atoms with Gasteiger partial charge >= 0.3 is 0 Å². The number of rotatable bonds is 4. The van der Waals surface area contributed by atoms with E-state index in [1.807, 2.05) is 36.4 Å². The first-order chi connectivity index (χ1) is 10.3. The van der Waals surface area contributed by atoms with E-state index in [1.54, 1.807) is 18.9 Å². The van der Waals surface area contributed by atoms with Crippen molar-refractivity contribution in [2.24, 2.45) is 0 Å². The minimum Gasteiger partial charge on any atom is -0.497 e. The van der Waals surface area contributed by atoms with Crippen molar-refractivity contribution in [1.82, 2.24) is 5.32 Å². The Morgan fingerprint density at radius 2 is 2.14 bits per heavy atom. The number of nitrogens with one attached hydrogen (secondary N) is 1. The van der Waals surface area contributed by atoms with Gasteiger partial charge in [0.2, 0.25) is 5.91 Å². The van der Waals surface area contributed by atoms with Crippen molar-refractivity contribution in [3.63, 3.8) is 0 Å². The van der Waals surface area contributed by atoms with Gasteiger partial charge in [-0.05, 0) is 35.7 Å². The van der Waals surface area contributed by atoms with Gasteiger partial charge in [0.15, 0.2) is 0 Å². The van der Waals surface area contributed by atoms with Gasteiger partial charge in [0, 0.05) is 11.4 Å². The molecular formula is C17H17NO2S.